The maximum atomic E-state index is 13.3. The monoisotopic (exact) mass is 458 g/mol. The van der Waals surface area contributed by atoms with Gasteiger partial charge >= 0.3 is 0 Å². The molecular weight excluding hydrogens is 442 g/mol. The van der Waals surface area contributed by atoms with Gasteiger partial charge in [-0.1, -0.05) is 47.4 Å². The molecule has 0 atom stereocenters. The van der Waals surface area contributed by atoms with Gasteiger partial charge in [0.25, 0.3) is 5.91 Å². The second-order valence-corrected chi connectivity index (χ2v) is 7.21. The zero-order valence-electron chi connectivity index (χ0n) is 15.2. The molecule has 9 heteroatoms. The number of carbonyl (C=O) groups excluding carboxylic acids is 2. The van der Waals surface area contributed by atoms with Gasteiger partial charge in [0.2, 0.25) is 5.91 Å². The van der Waals surface area contributed by atoms with Crippen molar-refractivity contribution in [2.75, 3.05) is 6.61 Å². The Bertz CT molecular complexity index is 902. The second kappa shape index (κ2) is 11.0. The number of nitrogens with one attached hydrogen (secondary N) is 2. The van der Waals surface area contributed by atoms with Crippen LogP contribution < -0.4 is 15.4 Å². The Labute approximate surface area is 182 Å². The zero-order chi connectivity index (χ0) is 21.4. The van der Waals surface area contributed by atoms with Crippen LogP contribution in [0.3, 0.4) is 0 Å². The molecule has 0 fully saturated rings. The van der Waals surface area contributed by atoms with Crippen LogP contribution in [0.1, 0.15) is 18.4 Å². The maximum Gasteiger partial charge on any atom is 0.262 e. The van der Waals surface area contributed by atoms with E-state index in [1.165, 1.54) is 12.1 Å². The van der Waals surface area contributed by atoms with Gasteiger partial charge in [0.1, 0.15) is 11.6 Å². The predicted molar refractivity (Wildman–Crippen MR) is 112 cm³/mol. The largest absolute Gasteiger partial charge is 0.484 e. The molecule has 29 heavy (non-hydrogen) atoms. The Kier molecular flexibility index (Phi) is 8.76. The van der Waals surface area contributed by atoms with Crippen LogP contribution in [0.25, 0.3) is 0 Å². The molecular formula is C20H18Cl3FN2O3. The molecule has 2 N–H and O–H groups in total. The number of rotatable bonds is 9. The van der Waals surface area contributed by atoms with Crippen LogP contribution >= 0.6 is 34.8 Å². The number of allylic oxidation sites excluding steroid dienone is 1. The number of hydrogen-bond acceptors (Lipinski definition) is 3. The third kappa shape index (κ3) is 7.57. The van der Waals surface area contributed by atoms with Crippen LogP contribution in [-0.4, -0.2) is 18.4 Å². The number of benzene rings is 2. The Morgan fingerprint density at radius 1 is 1.00 bits per heavy atom. The van der Waals surface area contributed by atoms with E-state index >= 15 is 0 Å². The summed E-state index contributed by atoms with van der Waals surface area (Å²) in [6, 6.07) is 8.95. The summed E-state index contributed by atoms with van der Waals surface area (Å²) in [5.74, 6) is -1.19. The van der Waals surface area contributed by atoms with Crippen molar-refractivity contribution in [2.45, 2.75) is 19.4 Å². The van der Waals surface area contributed by atoms with Crippen LogP contribution in [0.15, 0.2) is 48.7 Å². The summed E-state index contributed by atoms with van der Waals surface area (Å²) >= 11 is 17.7. The Morgan fingerprint density at radius 2 is 1.69 bits per heavy atom. The lowest BCUT2D eigenvalue weighted by molar-refractivity contribution is -0.123. The molecule has 0 spiro atoms. The third-order valence-corrected chi connectivity index (χ3v) is 4.77. The summed E-state index contributed by atoms with van der Waals surface area (Å²) in [5.41, 5.74) is 0.985. The van der Waals surface area contributed by atoms with Crippen LogP contribution in [0.5, 0.6) is 5.75 Å². The summed E-state index contributed by atoms with van der Waals surface area (Å²) in [6.45, 7) is 3.57. The summed E-state index contributed by atoms with van der Waals surface area (Å²) in [4.78, 5) is 23.8. The highest BCUT2D eigenvalue weighted by Gasteiger charge is 2.10. The van der Waals surface area contributed by atoms with Gasteiger partial charge in [-0.15, -0.1) is 0 Å². The molecule has 2 aromatic rings. The minimum atomic E-state index is -0.641. The van der Waals surface area contributed by atoms with E-state index in [0.717, 1.165) is 6.07 Å². The van der Waals surface area contributed by atoms with Crippen LogP contribution in [0, 0.1) is 5.82 Å². The molecule has 154 valence electrons. The average molecular weight is 460 g/mol. The fraction of sp³-hybridized carbons (Fsp3) is 0.200. The van der Waals surface area contributed by atoms with Gasteiger partial charge in [0.05, 0.1) is 5.02 Å². The van der Waals surface area contributed by atoms with Gasteiger partial charge in [-0.25, -0.2) is 4.39 Å². The van der Waals surface area contributed by atoms with Crippen molar-refractivity contribution < 1.29 is 18.7 Å². The van der Waals surface area contributed by atoms with E-state index < -0.39 is 11.7 Å². The van der Waals surface area contributed by atoms with Crippen molar-refractivity contribution in [3.05, 3.63) is 75.1 Å². The first-order valence-electron chi connectivity index (χ1n) is 8.51. The van der Waals surface area contributed by atoms with Crippen LogP contribution in [-0.2, 0) is 16.1 Å². The predicted octanol–water partition coefficient (Wildman–Crippen LogP) is 4.89. The van der Waals surface area contributed by atoms with Gasteiger partial charge in [0, 0.05) is 40.3 Å². The van der Waals surface area contributed by atoms with Crippen LogP contribution in [0.4, 0.5) is 4.39 Å². The highest BCUT2D eigenvalue weighted by Crippen LogP contribution is 2.24. The van der Waals surface area contributed by atoms with Crippen molar-refractivity contribution in [3.8, 4) is 5.75 Å². The number of hydrogen-bond donors (Lipinski definition) is 2. The molecule has 0 heterocycles. The van der Waals surface area contributed by atoms with Crippen molar-refractivity contribution in [1.29, 1.82) is 0 Å². The van der Waals surface area contributed by atoms with E-state index in [4.69, 9.17) is 39.5 Å². The highest BCUT2D eigenvalue weighted by atomic mass is 35.5. The van der Waals surface area contributed by atoms with Crippen molar-refractivity contribution in [3.63, 3.8) is 0 Å². The Hall–Kier alpha value is -2.28. The number of amides is 2. The summed E-state index contributed by atoms with van der Waals surface area (Å²) in [6.07, 6.45) is 0.355. The SMILES string of the molecule is C=C(CCC(=O)NCc1c(Cl)cccc1Cl)NC(=O)COc1ccc(Cl)c(F)c1. The quantitative estimate of drug-likeness (QED) is 0.561. The molecule has 0 bridgehead atoms. The topological polar surface area (TPSA) is 67.4 Å². The Morgan fingerprint density at radius 3 is 2.34 bits per heavy atom. The molecule has 0 aliphatic heterocycles. The molecule has 5 nitrogen and oxygen atoms in total. The highest BCUT2D eigenvalue weighted by molar-refractivity contribution is 6.36. The first-order chi connectivity index (χ1) is 13.8. The van der Waals surface area contributed by atoms with E-state index in [1.54, 1.807) is 18.2 Å². The minimum absolute atomic E-state index is 0.0368. The molecule has 0 aliphatic carbocycles. The van der Waals surface area contributed by atoms with Gasteiger partial charge in [-0.3, -0.25) is 9.59 Å². The second-order valence-electron chi connectivity index (χ2n) is 5.99. The Balaban J connectivity index is 1.69. The number of halogens is 4. The third-order valence-electron chi connectivity index (χ3n) is 3.76. The summed E-state index contributed by atoms with van der Waals surface area (Å²) < 4.78 is 18.5. The van der Waals surface area contributed by atoms with Gasteiger partial charge in [0.15, 0.2) is 6.61 Å². The van der Waals surface area contributed by atoms with E-state index in [-0.39, 0.29) is 42.7 Å². The minimum Gasteiger partial charge on any atom is -0.484 e. The molecule has 0 radical (unpaired) electrons. The van der Waals surface area contributed by atoms with Gasteiger partial charge in [-0.2, -0.15) is 0 Å². The van der Waals surface area contributed by atoms with E-state index in [1.807, 2.05) is 0 Å². The van der Waals surface area contributed by atoms with E-state index in [0.29, 0.717) is 21.3 Å². The standard InChI is InChI=1S/C20H18Cl3FN2O3/c1-12(26-20(28)11-29-13-6-7-17(23)18(24)9-13)5-8-19(27)25-10-14-15(21)3-2-4-16(14)22/h2-4,6-7,9H,1,5,8,10-11H2,(H,25,27)(H,26,28). The van der Waals surface area contributed by atoms with Gasteiger partial charge in [-0.05, 0) is 30.7 Å². The first-order valence-corrected chi connectivity index (χ1v) is 9.64. The normalized spacial score (nSPS) is 10.3. The van der Waals surface area contributed by atoms with E-state index in [2.05, 4.69) is 17.2 Å². The van der Waals surface area contributed by atoms with Gasteiger partial charge < -0.3 is 15.4 Å². The molecule has 0 aromatic heterocycles. The molecule has 0 saturated heterocycles. The lowest BCUT2D eigenvalue weighted by Gasteiger charge is -2.11. The van der Waals surface area contributed by atoms with E-state index in [9.17, 15) is 14.0 Å². The molecule has 2 amide bonds. The van der Waals surface area contributed by atoms with Crippen molar-refractivity contribution in [1.82, 2.24) is 10.6 Å². The molecule has 0 unspecified atom stereocenters. The lowest BCUT2D eigenvalue weighted by atomic mass is 10.2. The maximum absolute atomic E-state index is 13.3. The fourth-order valence-electron chi connectivity index (χ4n) is 2.25. The summed E-state index contributed by atoms with van der Waals surface area (Å²) in [5, 5.41) is 6.13. The first kappa shape index (κ1) is 23.0. The molecule has 2 aromatic carbocycles. The number of ether oxygens (including phenoxy) is 1. The smallest absolute Gasteiger partial charge is 0.262 e. The lowest BCUT2D eigenvalue weighted by Crippen LogP contribution is -2.29. The van der Waals surface area contributed by atoms with Crippen molar-refractivity contribution in [2.24, 2.45) is 0 Å². The fourth-order valence-corrected chi connectivity index (χ4v) is 2.90. The molecule has 0 aliphatic rings. The molecule has 2 rings (SSSR count). The van der Waals surface area contributed by atoms with Crippen LogP contribution in [0.2, 0.25) is 15.1 Å². The zero-order valence-corrected chi connectivity index (χ0v) is 17.5. The molecule has 0 saturated carbocycles. The summed E-state index contributed by atoms with van der Waals surface area (Å²) in [7, 11) is 0. The number of carbonyl (C=O) groups is 2. The average Bonchev–Trinajstić information content (AvgIpc) is 2.67. The van der Waals surface area contributed by atoms with Crippen molar-refractivity contribution >= 4 is 46.6 Å².